The van der Waals surface area contributed by atoms with Crippen molar-refractivity contribution in [3.05, 3.63) is 83.7 Å². The summed E-state index contributed by atoms with van der Waals surface area (Å²) in [4.78, 5) is 16.4. The molecule has 0 radical (unpaired) electrons. The van der Waals surface area contributed by atoms with Crippen molar-refractivity contribution in [2.75, 3.05) is 0 Å². The van der Waals surface area contributed by atoms with Crippen molar-refractivity contribution in [2.24, 2.45) is 0 Å². The predicted molar refractivity (Wildman–Crippen MR) is 112 cm³/mol. The molecule has 1 N–H and O–H groups in total. The van der Waals surface area contributed by atoms with Crippen LogP contribution in [-0.2, 0) is 6.42 Å². The van der Waals surface area contributed by atoms with E-state index in [0.29, 0.717) is 5.56 Å². The number of nitrogens with zero attached hydrogens (tertiary/aromatic N) is 2. The quantitative estimate of drug-likeness (QED) is 0.494. The van der Waals surface area contributed by atoms with Gasteiger partial charge in [0.1, 0.15) is 5.82 Å². The van der Waals surface area contributed by atoms with Gasteiger partial charge in [0.05, 0.1) is 16.6 Å². The molecule has 4 nitrogen and oxygen atoms in total. The van der Waals surface area contributed by atoms with Gasteiger partial charge < -0.3 is 5.11 Å². The molecule has 0 saturated heterocycles. The molecule has 4 rings (SSSR count). The highest BCUT2D eigenvalue weighted by atomic mass is 16.4. The van der Waals surface area contributed by atoms with E-state index in [4.69, 9.17) is 4.98 Å². The number of aryl methyl sites for hydroxylation is 2. The molecule has 1 heterocycles. The van der Waals surface area contributed by atoms with E-state index in [2.05, 4.69) is 36.6 Å². The highest BCUT2D eigenvalue weighted by Crippen LogP contribution is 2.28. The van der Waals surface area contributed by atoms with Crippen molar-refractivity contribution in [1.82, 2.24) is 9.55 Å². The molecule has 28 heavy (non-hydrogen) atoms. The number of rotatable bonds is 5. The molecule has 0 fully saturated rings. The minimum absolute atomic E-state index is 0.311. The van der Waals surface area contributed by atoms with Crippen molar-refractivity contribution < 1.29 is 9.90 Å². The summed E-state index contributed by atoms with van der Waals surface area (Å²) in [5.74, 6) is 0.131. The smallest absolute Gasteiger partial charge is 0.336 e. The zero-order valence-electron chi connectivity index (χ0n) is 16.0. The van der Waals surface area contributed by atoms with Crippen LogP contribution >= 0.6 is 0 Å². The Morgan fingerprint density at radius 3 is 2.46 bits per heavy atom. The van der Waals surface area contributed by atoms with E-state index in [-0.39, 0.29) is 0 Å². The summed E-state index contributed by atoms with van der Waals surface area (Å²) in [7, 11) is 0. The fourth-order valence-corrected chi connectivity index (χ4v) is 3.68. The molecule has 0 aliphatic heterocycles. The summed E-state index contributed by atoms with van der Waals surface area (Å²) in [5, 5.41) is 9.46. The topological polar surface area (TPSA) is 55.1 Å². The van der Waals surface area contributed by atoms with Gasteiger partial charge in [0.2, 0.25) is 0 Å². The number of fused-ring (bicyclic) bond motifs is 1. The first kappa shape index (κ1) is 18.0. The molecular formula is C24H22N2O2. The van der Waals surface area contributed by atoms with E-state index < -0.39 is 5.97 Å². The van der Waals surface area contributed by atoms with E-state index in [0.717, 1.165) is 46.5 Å². The van der Waals surface area contributed by atoms with Crippen LogP contribution in [-0.4, -0.2) is 20.6 Å². The summed E-state index contributed by atoms with van der Waals surface area (Å²) >= 11 is 0. The molecule has 0 aliphatic rings. The lowest BCUT2D eigenvalue weighted by molar-refractivity contribution is 0.0697. The van der Waals surface area contributed by atoms with Crippen LogP contribution in [0, 0.1) is 6.92 Å². The number of para-hydroxylation sites is 1. The second-order valence-corrected chi connectivity index (χ2v) is 6.95. The minimum Gasteiger partial charge on any atom is -0.478 e. The summed E-state index contributed by atoms with van der Waals surface area (Å²) in [6.07, 6.45) is 1.92. The van der Waals surface area contributed by atoms with Gasteiger partial charge in [-0.3, -0.25) is 4.57 Å². The average Bonchev–Trinajstić information content (AvgIpc) is 3.08. The Kier molecular flexibility index (Phi) is 4.70. The van der Waals surface area contributed by atoms with Crippen LogP contribution in [0.25, 0.3) is 27.8 Å². The normalized spacial score (nSPS) is 11.1. The average molecular weight is 370 g/mol. The number of carboxylic acids is 1. The zero-order chi connectivity index (χ0) is 19.7. The second-order valence-electron chi connectivity index (χ2n) is 6.95. The van der Waals surface area contributed by atoms with E-state index in [9.17, 15) is 9.90 Å². The Labute approximate surface area is 164 Å². The van der Waals surface area contributed by atoms with E-state index in [1.165, 1.54) is 5.56 Å². The van der Waals surface area contributed by atoms with Crippen LogP contribution in [0.5, 0.6) is 0 Å². The first-order chi connectivity index (χ1) is 13.6. The van der Waals surface area contributed by atoms with Crippen molar-refractivity contribution in [3.63, 3.8) is 0 Å². The van der Waals surface area contributed by atoms with Crippen LogP contribution in [0.4, 0.5) is 0 Å². The number of carbonyl (C=O) groups is 1. The Hall–Kier alpha value is -3.40. The summed E-state index contributed by atoms with van der Waals surface area (Å²) in [6.45, 7) is 4.24. The molecule has 4 heteroatoms. The van der Waals surface area contributed by atoms with Crippen molar-refractivity contribution >= 4 is 17.0 Å². The van der Waals surface area contributed by atoms with Crippen molar-refractivity contribution in [3.8, 4) is 16.8 Å². The van der Waals surface area contributed by atoms with Crippen LogP contribution in [0.3, 0.4) is 0 Å². The number of aromatic nitrogens is 2. The molecule has 0 bridgehead atoms. The molecule has 4 aromatic rings. The number of imidazole rings is 1. The first-order valence-electron chi connectivity index (χ1n) is 9.50. The number of benzene rings is 3. The Balaban J connectivity index is 1.83. The molecule has 3 aromatic carbocycles. The van der Waals surface area contributed by atoms with Crippen LogP contribution in [0.1, 0.15) is 35.1 Å². The number of hydrogen-bond donors (Lipinski definition) is 1. The van der Waals surface area contributed by atoms with Crippen molar-refractivity contribution in [1.29, 1.82) is 0 Å². The largest absolute Gasteiger partial charge is 0.478 e. The standard InChI is InChI=1S/C24H22N2O2/c1-3-7-22-25-23-16(2)8-6-11-21(23)26(22)18-14-12-17(13-15-18)19-9-4-5-10-20(19)24(27)28/h4-6,8-15H,3,7H2,1-2H3,(H,27,28). The predicted octanol–water partition coefficient (Wildman–Crippen LogP) is 5.65. The molecule has 0 amide bonds. The van der Waals surface area contributed by atoms with Gasteiger partial charge in [-0.25, -0.2) is 9.78 Å². The van der Waals surface area contributed by atoms with Gasteiger partial charge >= 0.3 is 5.97 Å². The van der Waals surface area contributed by atoms with Crippen LogP contribution in [0.15, 0.2) is 66.7 Å². The molecule has 0 spiro atoms. The van der Waals surface area contributed by atoms with Gasteiger partial charge in [-0.15, -0.1) is 0 Å². The van der Waals surface area contributed by atoms with Crippen LogP contribution < -0.4 is 0 Å². The van der Waals surface area contributed by atoms with E-state index >= 15 is 0 Å². The lowest BCUT2D eigenvalue weighted by Crippen LogP contribution is -2.02. The third-order valence-electron chi connectivity index (χ3n) is 5.02. The second kappa shape index (κ2) is 7.31. The first-order valence-corrected chi connectivity index (χ1v) is 9.50. The third-order valence-corrected chi connectivity index (χ3v) is 5.02. The summed E-state index contributed by atoms with van der Waals surface area (Å²) < 4.78 is 2.21. The van der Waals surface area contributed by atoms with E-state index in [1.807, 2.05) is 36.4 Å². The molecule has 0 atom stereocenters. The number of hydrogen-bond acceptors (Lipinski definition) is 2. The molecule has 140 valence electrons. The highest BCUT2D eigenvalue weighted by molar-refractivity contribution is 5.96. The molecule has 0 aliphatic carbocycles. The maximum absolute atomic E-state index is 11.5. The lowest BCUT2D eigenvalue weighted by atomic mass is 9.99. The highest BCUT2D eigenvalue weighted by Gasteiger charge is 2.14. The summed E-state index contributed by atoms with van der Waals surface area (Å²) in [5.41, 5.74) is 6.26. The fraction of sp³-hybridized carbons (Fsp3) is 0.167. The SMILES string of the molecule is CCCc1nc2c(C)cccc2n1-c1ccc(-c2ccccc2C(=O)O)cc1. The molecular weight excluding hydrogens is 348 g/mol. The Bertz CT molecular complexity index is 1160. The van der Waals surface area contributed by atoms with Gasteiger partial charge in [-0.1, -0.05) is 49.4 Å². The molecule has 0 saturated carbocycles. The van der Waals surface area contributed by atoms with Crippen molar-refractivity contribution in [2.45, 2.75) is 26.7 Å². The maximum Gasteiger partial charge on any atom is 0.336 e. The molecule has 0 unspecified atom stereocenters. The monoisotopic (exact) mass is 370 g/mol. The molecule has 1 aromatic heterocycles. The lowest BCUT2D eigenvalue weighted by Gasteiger charge is -2.11. The van der Waals surface area contributed by atoms with E-state index in [1.54, 1.807) is 12.1 Å². The van der Waals surface area contributed by atoms with Gasteiger partial charge in [0.15, 0.2) is 0 Å². The van der Waals surface area contributed by atoms with Gasteiger partial charge in [0, 0.05) is 12.1 Å². The Morgan fingerprint density at radius 1 is 1.00 bits per heavy atom. The fourth-order valence-electron chi connectivity index (χ4n) is 3.68. The maximum atomic E-state index is 11.5. The summed E-state index contributed by atoms with van der Waals surface area (Å²) in [6, 6.07) is 21.4. The minimum atomic E-state index is -0.916. The number of aromatic carboxylic acids is 1. The van der Waals surface area contributed by atoms with Gasteiger partial charge in [-0.2, -0.15) is 0 Å². The Morgan fingerprint density at radius 2 is 1.75 bits per heavy atom. The third kappa shape index (κ3) is 3.07. The van der Waals surface area contributed by atoms with Crippen LogP contribution in [0.2, 0.25) is 0 Å². The zero-order valence-corrected chi connectivity index (χ0v) is 16.0. The number of carboxylic acid groups (broad SMARTS) is 1. The van der Waals surface area contributed by atoms with Gasteiger partial charge in [0.25, 0.3) is 0 Å². The van der Waals surface area contributed by atoms with Gasteiger partial charge in [-0.05, 0) is 54.3 Å².